The molecule has 1 N–H and O–H groups in total. The molecule has 4 aromatic rings. The largest absolute Gasteiger partial charge is 0.489 e. The van der Waals surface area contributed by atoms with Crippen molar-refractivity contribution in [3.8, 4) is 5.75 Å². The number of pyridine rings is 1. The van der Waals surface area contributed by atoms with Crippen molar-refractivity contribution in [2.75, 3.05) is 12.0 Å². The summed E-state index contributed by atoms with van der Waals surface area (Å²) in [4.78, 5) is 16.5. The fraction of sp³-hybridized carbons (Fsp3) is 0.172. The molecule has 10 heteroatoms. The third-order valence-electron chi connectivity index (χ3n) is 6.15. The third kappa shape index (κ3) is 6.46. The Hall–Kier alpha value is -3.76. The van der Waals surface area contributed by atoms with Gasteiger partial charge in [-0.1, -0.05) is 42.5 Å². The average Bonchev–Trinajstić information content (AvgIpc) is 3.04. The summed E-state index contributed by atoms with van der Waals surface area (Å²) in [7, 11) is -3.61. The van der Waals surface area contributed by atoms with E-state index >= 15 is 0 Å². The molecule has 39 heavy (non-hydrogen) atoms. The lowest BCUT2D eigenvalue weighted by Gasteiger charge is -2.19. The smallest absolute Gasteiger partial charge is 0.234 e. The van der Waals surface area contributed by atoms with Gasteiger partial charge >= 0.3 is 0 Å². The van der Waals surface area contributed by atoms with E-state index in [-0.39, 0.29) is 11.7 Å². The first-order valence-electron chi connectivity index (χ1n) is 12.1. The van der Waals surface area contributed by atoms with E-state index < -0.39 is 27.6 Å². The van der Waals surface area contributed by atoms with Crippen molar-refractivity contribution >= 4 is 50.7 Å². The molecule has 0 bridgehead atoms. The standard InChI is InChI=1S/C29H24F2N2O4S2/c1-39(35,36)33-28(34)12-13-38-29-22-5-3-2-4-20(22)17-37-27-11-7-18(14-23(27)29)6-9-21-10-8-19-15-24(30)25(31)16-26(19)32-21/h2-11,14-16,29H,12-13,17H2,1H3,(H,33,34). The molecule has 1 aliphatic rings. The first kappa shape index (κ1) is 26.8. The van der Waals surface area contributed by atoms with E-state index in [1.165, 1.54) is 11.8 Å². The summed E-state index contributed by atoms with van der Waals surface area (Å²) in [6.45, 7) is 0.405. The van der Waals surface area contributed by atoms with Crippen LogP contribution in [0.15, 0.2) is 66.7 Å². The molecule has 5 rings (SSSR count). The molecule has 200 valence electrons. The predicted octanol–water partition coefficient (Wildman–Crippen LogP) is 5.86. The number of hydrogen-bond acceptors (Lipinski definition) is 6. The van der Waals surface area contributed by atoms with Crippen LogP contribution in [0.2, 0.25) is 0 Å². The van der Waals surface area contributed by atoms with E-state index in [9.17, 15) is 22.0 Å². The number of sulfonamides is 1. The quantitative estimate of drug-likeness (QED) is 0.302. The van der Waals surface area contributed by atoms with Gasteiger partial charge in [-0.25, -0.2) is 22.2 Å². The summed E-state index contributed by atoms with van der Waals surface area (Å²) in [6, 6.07) is 19.4. The lowest BCUT2D eigenvalue weighted by molar-refractivity contribution is -0.118. The lowest BCUT2D eigenvalue weighted by atomic mass is 9.98. The molecule has 1 atom stereocenters. The van der Waals surface area contributed by atoms with Crippen LogP contribution < -0.4 is 9.46 Å². The lowest BCUT2D eigenvalue weighted by Crippen LogP contribution is -2.29. The zero-order valence-electron chi connectivity index (χ0n) is 20.9. The molecular formula is C29H24F2N2O4S2. The maximum absolute atomic E-state index is 13.7. The van der Waals surface area contributed by atoms with Gasteiger partial charge in [-0.2, -0.15) is 0 Å². The number of thioether (sulfide) groups is 1. The number of rotatable bonds is 7. The van der Waals surface area contributed by atoms with Gasteiger partial charge in [0, 0.05) is 29.2 Å². The van der Waals surface area contributed by atoms with Crippen LogP contribution in [-0.2, 0) is 21.4 Å². The van der Waals surface area contributed by atoms with Crippen molar-refractivity contribution in [3.05, 3.63) is 106 Å². The minimum atomic E-state index is -3.61. The summed E-state index contributed by atoms with van der Waals surface area (Å²) >= 11 is 1.54. The van der Waals surface area contributed by atoms with Crippen molar-refractivity contribution in [1.82, 2.24) is 9.71 Å². The Labute approximate surface area is 229 Å². The summed E-state index contributed by atoms with van der Waals surface area (Å²) < 4.78 is 58.1. The van der Waals surface area contributed by atoms with Crippen molar-refractivity contribution in [1.29, 1.82) is 0 Å². The number of halogens is 2. The number of carbonyl (C=O) groups excluding carboxylic acids is 1. The summed E-state index contributed by atoms with van der Waals surface area (Å²) in [6.07, 6.45) is 4.68. The van der Waals surface area contributed by atoms with E-state index in [0.29, 0.717) is 29.0 Å². The van der Waals surface area contributed by atoms with Crippen molar-refractivity contribution < 1.29 is 26.7 Å². The zero-order valence-corrected chi connectivity index (χ0v) is 22.5. The second-order valence-corrected chi connectivity index (χ2v) is 12.1. The molecule has 1 aliphatic heterocycles. The van der Waals surface area contributed by atoms with E-state index in [0.717, 1.165) is 46.4 Å². The Bertz CT molecular complexity index is 1710. The Morgan fingerprint density at radius 3 is 2.67 bits per heavy atom. The average molecular weight is 567 g/mol. The number of amides is 1. The van der Waals surface area contributed by atoms with Gasteiger partial charge in [-0.15, -0.1) is 11.8 Å². The summed E-state index contributed by atoms with van der Waals surface area (Å²) in [5.41, 5.74) is 4.86. The highest BCUT2D eigenvalue weighted by atomic mass is 32.2. The Morgan fingerprint density at radius 2 is 1.85 bits per heavy atom. The molecule has 0 saturated heterocycles. The maximum Gasteiger partial charge on any atom is 0.234 e. The molecule has 1 amide bonds. The highest BCUT2D eigenvalue weighted by Gasteiger charge is 2.25. The molecular weight excluding hydrogens is 542 g/mol. The van der Waals surface area contributed by atoms with Crippen LogP contribution in [0.25, 0.3) is 23.1 Å². The minimum Gasteiger partial charge on any atom is -0.489 e. The van der Waals surface area contributed by atoms with Crippen LogP contribution in [0.1, 0.15) is 39.6 Å². The Morgan fingerprint density at radius 1 is 1.05 bits per heavy atom. The number of nitrogens with one attached hydrogen (secondary N) is 1. The number of hydrogen-bond donors (Lipinski definition) is 1. The second-order valence-electron chi connectivity index (χ2n) is 9.11. The predicted molar refractivity (Wildman–Crippen MR) is 150 cm³/mol. The molecule has 0 fully saturated rings. The first-order valence-corrected chi connectivity index (χ1v) is 15.0. The van der Waals surface area contributed by atoms with Crippen molar-refractivity contribution in [2.24, 2.45) is 0 Å². The monoisotopic (exact) mass is 566 g/mol. The summed E-state index contributed by atoms with van der Waals surface area (Å²) in [5.74, 6) is -1.28. The highest BCUT2D eigenvalue weighted by molar-refractivity contribution is 7.99. The fourth-order valence-electron chi connectivity index (χ4n) is 4.37. The van der Waals surface area contributed by atoms with Crippen LogP contribution >= 0.6 is 11.8 Å². The Balaban J connectivity index is 1.42. The van der Waals surface area contributed by atoms with Gasteiger partial charge in [-0.3, -0.25) is 9.52 Å². The number of aromatic nitrogens is 1. The highest BCUT2D eigenvalue weighted by Crippen LogP contribution is 2.44. The molecule has 0 radical (unpaired) electrons. The van der Waals surface area contributed by atoms with E-state index in [1.54, 1.807) is 18.2 Å². The normalized spacial score (nSPS) is 14.9. The molecule has 3 aromatic carbocycles. The fourth-order valence-corrected chi connectivity index (χ4v) is 6.19. The van der Waals surface area contributed by atoms with Crippen LogP contribution in [0.5, 0.6) is 5.75 Å². The Kier molecular flexibility index (Phi) is 7.67. The van der Waals surface area contributed by atoms with Crippen LogP contribution in [-0.4, -0.2) is 31.3 Å². The van der Waals surface area contributed by atoms with Crippen molar-refractivity contribution in [3.63, 3.8) is 0 Å². The van der Waals surface area contributed by atoms with Gasteiger partial charge in [0.15, 0.2) is 11.6 Å². The molecule has 1 unspecified atom stereocenters. The molecule has 0 aliphatic carbocycles. The zero-order chi connectivity index (χ0) is 27.6. The van der Waals surface area contributed by atoms with Gasteiger partial charge in [0.05, 0.1) is 22.7 Å². The number of carbonyl (C=O) groups is 1. The summed E-state index contributed by atoms with van der Waals surface area (Å²) in [5, 5.41) is 0.367. The van der Waals surface area contributed by atoms with Crippen LogP contribution in [0, 0.1) is 11.6 Å². The number of nitrogens with zero attached hydrogens (tertiary/aromatic N) is 1. The topological polar surface area (TPSA) is 85.4 Å². The van der Waals surface area contributed by atoms with Gasteiger partial charge in [-0.05, 0) is 47.0 Å². The first-order chi connectivity index (χ1) is 18.7. The van der Waals surface area contributed by atoms with Crippen LogP contribution in [0.4, 0.5) is 8.78 Å². The maximum atomic E-state index is 13.7. The molecule has 6 nitrogen and oxygen atoms in total. The minimum absolute atomic E-state index is 0.0459. The van der Waals surface area contributed by atoms with Gasteiger partial charge in [0.2, 0.25) is 15.9 Å². The van der Waals surface area contributed by atoms with Crippen LogP contribution in [0.3, 0.4) is 0 Å². The van der Waals surface area contributed by atoms with Gasteiger partial charge in [0.1, 0.15) is 12.4 Å². The van der Waals surface area contributed by atoms with Crippen molar-refractivity contribution in [2.45, 2.75) is 18.3 Å². The molecule has 1 aromatic heterocycles. The third-order valence-corrected chi connectivity index (χ3v) is 8.03. The van der Waals surface area contributed by atoms with E-state index in [2.05, 4.69) is 4.98 Å². The molecule has 2 heterocycles. The molecule has 0 saturated carbocycles. The van der Waals surface area contributed by atoms with Gasteiger partial charge in [0.25, 0.3) is 0 Å². The SMILES string of the molecule is CS(=O)(=O)NC(=O)CCSC1c2ccccc2COc2ccc(C=Cc3ccc4cc(F)c(F)cc4n3)cc21. The number of benzene rings is 3. The number of ether oxygens (including phenoxy) is 1. The van der Waals surface area contributed by atoms with E-state index in [1.807, 2.05) is 53.3 Å². The molecule has 0 spiro atoms. The second kappa shape index (κ2) is 11.2. The number of fused-ring (bicyclic) bond motifs is 3. The van der Waals surface area contributed by atoms with E-state index in [4.69, 9.17) is 4.74 Å². The van der Waals surface area contributed by atoms with Gasteiger partial charge < -0.3 is 4.74 Å².